The van der Waals surface area contributed by atoms with Crippen molar-refractivity contribution in [3.63, 3.8) is 0 Å². The molecule has 2 aromatic heterocycles. The largest absolute Gasteiger partial charge is 0.396 e. The van der Waals surface area contributed by atoms with E-state index < -0.39 is 0 Å². The van der Waals surface area contributed by atoms with Gasteiger partial charge in [-0.3, -0.25) is 10.3 Å². The maximum absolute atomic E-state index is 11.8. The van der Waals surface area contributed by atoms with Crippen molar-refractivity contribution in [2.75, 3.05) is 11.9 Å². The maximum atomic E-state index is 11.8. The second-order valence-corrected chi connectivity index (χ2v) is 4.71. The first kappa shape index (κ1) is 15.0. The number of amides is 2. The Morgan fingerprint density at radius 2 is 2.24 bits per heavy atom. The number of aliphatic hydroxyl groups is 1. The monoisotopic (exact) mass is 289 g/mol. The van der Waals surface area contributed by atoms with Crippen molar-refractivity contribution in [3.05, 3.63) is 42.4 Å². The Bertz CT molecular complexity index is 570. The summed E-state index contributed by atoms with van der Waals surface area (Å²) >= 11 is 0. The number of aliphatic hydroxyl groups excluding tert-OH is 1. The molecule has 7 nitrogen and oxygen atoms in total. The molecule has 3 N–H and O–H groups in total. The van der Waals surface area contributed by atoms with Crippen LogP contribution in [0.1, 0.15) is 19.0 Å². The van der Waals surface area contributed by atoms with Crippen LogP contribution in [0.3, 0.4) is 0 Å². The number of aromatic nitrogens is 3. The zero-order chi connectivity index (χ0) is 15.1. The molecule has 0 fully saturated rings. The normalized spacial score (nSPS) is 11.9. The molecule has 1 atom stereocenters. The van der Waals surface area contributed by atoms with Gasteiger partial charge in [-0.05, 0) is 25.5 Å². The number of hydrogen-bond donors (Lipinski definition) is 3. The lowest BCUT2D eigenvalue weighted by Gasteiger charge is -2.14. The van der Waals surface area contributed by atoms with E-state index in [9.17, 15) is 4.79 Å². The van der Waals surface area contributed by atoms with Crippen molar-refractivity contribution >= 4 is 11.8 Å². The van der Waals surface area contributed by atoms with E-state index in [4.69, 9.17) is 5.11 Å². The molecule has 0 radical (unpaired) electrons. The zero-order valence-corrected chi connectivity index (χ0v) is 11.9. The van der Waals surface area contributed by atoms with Crippen LogP contribution in [0.4, 0.5) is 10.6 Å². The van der Waals surface area contributed by atoms with Gasteiger partial charge < -0.3 is 10.4 Å². The highest BCUT2D eigenvalue weighted by Crippen LogP contribution is 2.08. The Morgan fingerprint density at radius 1 is 1.38 bits per heavy atom. The van der Waals surface area contributed by atoms with Crippen LogP contribution in [0.15, 0.2) is 36.7 Å². The van der Waals surface area contributed by atoms with Crippen LogP contribution >= 0.6 is 0 Å². The van der Waals surface area contributed by atoms with Gasteiger partial charge in [0.05, 0.1) is 18.4 Å². The molecule has 0 aliphatic carbocycles. The summed E-state index contributed by atoms with van der Waals surface area (Å²) in [5, 5.41) is 18.5. The molecule has 0 unspecified atom stereocenters. The van der Waals surface area contributed by atoms with E-state index >= 15 is 0 Å². The topological polar surface area (TPSA) is 92.1 Å². The minimum atomic E-state index is -0.321. The highest BCUT2D eigenvalue weighted by molar-refractivity contribution is 5.88. The lowest BCUT2D eigenvalue weighted by Crippen LogP contribution is -2.37. The smallest absolute Gasteiger partial charge is 0.320 e. The number of anilines is 1. The predicted octanol–water partition coefficient (Wildman–Crippen LogP) is 1.22. The van der Waals surface area contributed by atoms with E-state index in [0.29, 0.717) is 18.8 Å². The molecule has 2 aromatic rings. The van der Waals surface area contributed by atoms with Crippen molar-refractivity contribution in [1.29, 1.82) is 0 Å². The number of carbonyl (C=O) groups excluding carboxylic acids is 1. The Labute approximate surface area is 123 Å². The van der Waals surface area contributed by atoms with Crippen LogP contribution in [-0.4, -0.2) is 38.6 Å². The number of urea groups is 1. The minimum absolute atomic E-state index is 0.0407. The summed E-state index contributed by atoms with van der Waals surface area (Å²) in [6.07, 6.45) is 3.85. The Morgan fingerprint density at radius 3 is 2.95 bits per heavy atom. The Kier molecular flexibility index (Phi) is 5.28. The minimum Gasteiger partial charge on any atom is -0.396 e. The van der Waals surface area contributed by atoms with Crippen LogP contribution in [0.5, 0.6) is 0 Å². The Balaban J connectivity index is 1.95. The van der Waals surface area contributed by atoms with Gasteiger partial charge in [0.25, 0.3) is 0 Å². The quantitative estimate of drug-likeness (QED) is 0.745. The van der Waals surface area contributed by atoms with Gasteiger partial charge >= 0.3 is 6.03 Å². The first-order valence-electron chi connectivity index (χ1n) is 6.79. The van der Waals surface area contributed by atoms with Crippen molar-refractivity contribution < 1.29 is 9.90 Å². The third-order valence-corrected chi connectivity index (χ3v) is 2.94. The average molecular weight is 289 g/mol. The second-order valence-electron chi connectivity index (χ2n) is 4.71. The highest BCUT2D eigenvalue weighted by Gasteiger charge is 2.10. The fourth-order valence-electron chi connectivity index (χ4n) is 1.85. The fraction of sp³-hybridized carbons (Fsp3) is 0.357. The summed E-state index contributed by atoms with van der Waals surface area (Å²) in [5.74, 6) is 0.592. The van der Waals surface area contributed by atoms with Gasteiger partial charge in [-0.25, -0.2) is 9.48 Å². The highest BCUT2D eigenvalue weighted by atomic mass is 16.3. The Hall–Kier alpha value is -2.41. The second kappa shape index (κ2) is 7.39. The first-order chi connectivity index (χ1) is 10.2. The van der Waals surface area contributed by atoms with Crippen molar-refractivity contribution in [2.24, 2.45) is 0 Å². The van der Waals surface area contributed by atoms with E-state index in [1.807, 2.05) is 25.1 Å². The third-order valence-electron chi connectivity index (χ3n) is 2.94. The summed E-state index contributed by atoms with van der Waals surface area (Å²) in [4.78, 5) is 16.1. The molecule has 0 spiro atoms. The van der Waals surface area contributed by atoms with Crippen molar-refractivity contribution in [2.45, 2.75) is 25.9 Å². The maximum Gasteiger partial charge on any atom is 0.320 e. The van der Waals surface area contributed by atoms with E-state index in [1.165, 1.54) is 0 Å². The molecular formula is C14H19N5O2. The van der Waals surface area contributed by atoms with Gasteiger partial charge in [-0.2, -0.15) is 5.10 Å². The van der Waals surface area contributed by atoms with Gasteiger partial charge in [0.1, 0.15) is 5.82 Å². The fourth-order valence-corrected chi connectivity index (χ4v) is 1.85. The summed E-state index contributed by atoms with van der Waals surface area (Å²) in [5.41, 5.74) is 0.860. The SMILES string of the molecule is C[C@H](CCO)NC(=O)Nc1ccnn1Cc1ccccn1. The van der Waals surface area contributed by atoms with Gasteiger partial charge in [0.15, 0.2) is 0 Å². The number of hydrogen-bond acceptors (Lipinski definition) is 4. The van der Waals surface area contributed by atoms with Crippen LogP contribution in [0.25, 0.3) is 0 Å². The predicted molar refractivity (Wildman–Crippen MR) is 78.9 cm³/mol. The van der Waals surface area contributed by atoms with Crippen LogP contribution < -0.4 is 10.6 Å². The van der Waals surface area contributed by atoms with Crippen LogP contribution in [0.2, 0.25) is 0 Å². The molecule has 21 heavy (non-hydrogen) atoms. The van der Waals surface area contributed by atoms with Crippen molar-refractivity contribution in [3.8, 4) is 0 Å². The number of nitrogens with zero attached hydrogens (tertiary/aromatic N) is 3. The third kappa shape index (κ3) is 4.57. The van der Waals surface area contributed by atoms with Gasteiger partial charge in [0.2, 0.25) is 0 Å². The number of rotatable bonds is 6. The van der Waals surface area contributed by atoms with Gasteiger partial charge in [-0.15, -0.1) is 0 Å². The standard InChI is InChI=1S/C14H19N5O2/c1-11(6-9-20)17-14(21)18-13-5-8-16-19(13)10-12-4-2-3-7-15-12/h2-5,7-8,11,20H,6,9-10H2,1H3,(H2,17,18,21)/t11-/m1/s1. The first-order valence-corrected chi connectivity index (χ1v) is 6.79. The van der Waals surface area contributed by atoms with E-state index in [2.05, 4.69) is 20.7 Å². The number of nitrogens with one attached hydrogen (secondary N) is 2. The molecule has 0 aromatic carbocycles. The van der Waals surface area contributed by atoms with Gasteiger partial charge in [0, 0.05) is 24.9 Å². The molecule has 0 bridgehead atoms. The van der Waals surface area contributed by atoms with Gasteiger partial charge in [-0.1, -0.05) is 6.07 Å². The van der Waals surface area contributed by atoms with Crippen molar-refractivity contribution in [1.82, 2.24) is 20.1 Å². The zero-order valence-electron chi connectivity index (χ0n) is 11.9. The van der Waals surface area contributed by atoms with Crippen LogP contribution in [-0.2, 0) is 6.54 Å². The lowest BCUT2D eigenvalue weighted by atomic mass is 10.2. The summed E-state index contributed by atoms with van der Waals surface area (Å²) in [7, 11) is 0. The van der Waals surface area contributed by atoms with Crippen LogP contribution in [0, 0.1) is 0 Å². The summed E-state index contributed by atoms with van der Waals surface area (Å²) in [6, 6.07) is 6.96. The molecule has 2 amide bonds. The molecule has 112 valence electrons. The van der Waals surface area contributed by atoms with E-state index in [-0.39, 0.29) is 18.7 Å². The van der Waals surface area contributed by atoms with E-state index in [1.54, 1.807) is 23.1 Å². The molecule has 0 saturated heterocycles. The summed E-state index contributed by atoms with van der Waals surface area (Å²) < 4.78 is 1.67. The molecule has 0 aliphatic heterocycles. The molecule has 7 heteroatoms. The molecular weight excluding hydrogens is 270 g/mol. The summed E-state index contributed by atoms with van der Waals surface area (Å²) in [6.45, 7) is 2.36. The molecule has 0 saturated carbocycles. The molecule has 2 heterocycles. The lowest BCUT2D eigenvalue weighted by molar-refractivity contribution is 0.241. The number of pyridine rings is 1. The molecule has 0 aliphatic rings. The van der Waals surface area contributed by atoms with E-state index in [0.717, 1.165) is 5.69 Å². The average Bonchev–Trinajstić information content (AvgIpc) is 2.87. The molecule has 2 rings (SSSR count). The number of carbonyl (C=O) groups is 1.